The van der Waals surface area contributed by atoms with Crippen LogP contribution < -0.4 is 5.46 Å². The summed E-state index contributed by atoms with van der Waals surface area (Å²) in [4.78, 5) is 0. The number of benzene rings is 1. The van der Waals surface area contributed by atoms with E-state index in [1.165, 1.54) is 83.5 Å². The highest BCUT2D eigenvalue weighted by atomic mass is 16.7. The molecule has 1 aromatic rings. The maximum atomic E-state index is 6.32. The molecule has 0 N–H and O–H groups in total. The molecule has 0 bridgehead atoms. The highest BCUT2D eigenvalue weighted by Gasteiger charge is 2.60. The molecule has 2 nitrogen and oxygen atoms in total. The highest BCUT2D eigenvalue weighted by Crippen LogP contribution is 2.68. The van der Waals surface area contributed by atoms with Crippen molar-refractivity contribution < 1.29 is 9.31 Å². The molecule has 41 heavy (non-hydrogen) atoms. The molecule has 8 atom stereocenters. The van der Waals surface area contributed by atoms with E-state index in [2.05, 4.69) is 79.7 Å². The Hall–Kier alpha value is -0.795. The Kier molecular flexibility index (Phi) is 8.10. The van der Waals surface area contributed by atoms with Gasteiger partial charge in [-0.15, -0.1) is 0 Å². The Bertz CT molecular complexity index is 1040. The average molecular weight is 561 g/mol. The third-order valence-electron chi connectivity index (χ3n) is 14.4. The molecule has 1 aromatic carbocycles. The van der Waals surface area contributed by atoms with Crippen LogP contribution in [0.15, 0.2) is 24.3 Å². The minimum absolute atomic E-state index is 0.258. The molecule has 4 unspecified atom stereocenters. The lowest BCUT2D eigenvalue weighted by Crippen LogP contribution is -2.53. The Labute approximate surface area is 253 Å². The van der Waals surface area contributed by atoms with Gasteiger partial charge in [0.1, 0.15) is 0 Å². The molecule has 5 aliphatic rings. The van der Waals surface area contributed by atoms with Crippen LogP contribution in [0.2, 0.25) is 0 Å². The molecular formula is C38H61BO2. The summed E-state index contributed by atoms with van der Waals surface area (Å²) in [5, 5.41) is 0. The quantitative estimate of drug-likeness (QED) is 0.244. The number of fused-ring (bicyclic) bond motifs is 5. The average Bonchev–Trinajstić information content (AvgIpc) is 3.37. The smallest absolute Gasteiger partial charge is 0.399 e. The Balaban J connectivity index is 1.08. The zero-order valence-corrected chi connectivity index (χ0v) is 27.9. The summed E-state index contributed by atoms with van der Waals surface area (Å²) < 4.78 is 12.6. The van der Waals surface area contributed by atoms with Gasteiger partial charge in [0.05, 0.1) is 11.2 Å². The van der Waals surface area contributed by atoms with E-state index >= 15 is 0 Å². The van der Waals surface area contributed by atoms with Gasteiger partial charge in [-0.1, -0.05) is 71.2 Å². The van der Waals surface area contributed by atoms with Crippen molar-refractivity contribution in [2.24, 2.45) is 46.3 Å². The fourth-order valence-corrected chi connectivity index (χ4v) is 11.0. The molecule has 228 valence electrons. The molecule has 1 heterocycles. The largest absolute Gasteiger partial charge is 0.494 e. The molecule has 6 rings (SSSR count). The van der Waals surface area contributed by atoms with Gasteiger partial charge in [0, 0.05) is 0 Å². The molecule has 4 aliphatic carbocycles. The van der Waals surface area contributed by atoms with Crippen LogP contribution in [0, 0.1) is 46.3 Å². The Morgan fingerprint density at radius 1 is 0.756 bits per heavy atom. The first-order valence-corrected chi connectivity index (χ1v) is 17.8. The first kappa shape index (κ1) is 30.2. The van der Waals surface area contributed by atoms with Crippen LogP contribution >= 0.6 is 0 Å². The molecule has 0 radical (unpaired) electrons. The van der Waals surface area contributed by atoms with Gasteiger partial charge in [-0.3, -0.25) is 0 Å². The van der Waals surface area contributed by atoms with Gasteiger partial charge in [-0.2, -0.15) is 0 Å². The van der Waals surface area contributed by atoms with Crippen LogP contribution in [0.3, 0.4) is 0 Å². The van der Waals surface area contributed by atoms with Gasteiger partial charge in [-0.25, -0.2) is 0 Å². The topological polar surface area (TPSA) is 18.5 Å². The third-order valence-corrected chi connectivity index (χ3v) is 14.4. The number of hydrogen-bond donors (Lipinski definition) is 0. The van der Waals surface area contributed by atoms with Crippen LogP contribution in [0.4, 0.5) is 0 Å². The minimum atomic E-state index is -0.285. The van der Waals surface area contributed by atoms with Crippen LogP contribution in [-0.4, -0.2) is 18.3 Å². The normalized spacial score (nSPS) is 41.2. The molecule has 0 spiro atoms. The van der Waals surface area contributed by atoms with E-state index < -0.39 is 0 Å². The Morgan fingerprint density at radius 2 is 1.41 bits per heavy atom. The predicted molar refractivity (Wildman–Crippen MR) is 173 cm³/mol. The molecule has 1 aliphatic heterocycles. The monoisotopic (exact) mass is 560 g/mol. The summed E-state index contributed by atoms with van der Waals surface area (Å²) in [6, 6.07) is 9.35. The zero-order chi connectivity index (χ0) is 29.2. The van der Waals surface area contributed by atoms with E-state index in [0.717, 1.165) is 41.0 Å². The lowest BCUT2D eigenvalue weighted by atomic mass is 9.44. The number of rotatable bonds is 7. The second kappa shape index (κ2) is 11.0. The second-order valence-corrected chi connectivity index (χ2v) is 17.4. The van der Waals surface area contributed by atoms with E-state index in [1.807, 2.05) is 0 Å². The van der Waals surface area contributed by atoms with Gasteiger partial charge in [-0.05, 0) is 155 Å². The van der Waals surface area contributed by atoms with E-state index in [0.29, 0.717) is 16.7 Å². The molecule has 1 saturated heterocycles. The second-order valence-electron chi connectivity index (χ2n) is 17.4. The summed E-state index contributed by atoms with van der Waals surface area (Å²) in [5.74, 6) is 6.48. The molecule has 0 aromatic heterocycles. The van der Waals surface area contributed by atoms with Crippen molar-refractivity contribution in [3.05, 3.63) is 29.8 Å². The molecule has 3 heteroatoms. The standard InChI is InChI=1S/C38H61BO2/c1-26(2)11-9-10-12-29-16-20-33-32-19-15-30-25-28(21-23-38(30,8)34(32)22-24-37(29,33)7)27-13-17-31(18-14-27)39-40-35(3,4)36(5,6)41-39/h13-14,17-18,26,28-30,32-34H,9-12,15-16,19-25H2,1-8H3/t28?,29-,30-,32-,33?,34?,37+,38?/m0/s1. The first-order chi connectivity index (χ1) is 19.3. The van der Waals surface area contributed by atoms with Crippen LogP contribution in [-0.2, 0) is 9.31 Å². The molecule has 4 saturated carbocycles. The van der Waals surface area contributed by atoms with Crippen molar-refractivity contribution in [2.75, 3.05) is 0 Å². The van der Waals surface area contributed by atoms with Gasteiger partial charge in [0.25, 0.3) is 0 Å². The number of unbranched alkanes of at least 4 members (excludes halogenated alkanes) is 1. The van der Waals surface area contributed by atoms with Gasteiger partial charge < -0.3 is 9.31 Å². The van der Waals surface area contributed by atoms with Crippen LogP contribution in [0.5, 0.6) is 0 Å². The fourth-order valence-electron chi connectivity index (χ4n) is 11.0. The summed E-state index contributed by atoms with van der Waals surface area (Å²) in [6.45, 7) is 18.8. The predicted octanol–water partition coefficient (Wildman–Crippen LogP) is 9.94. The summed E-state index contributed by atoms with van der Waals surface area (Å²) in [6.07, 6.45) is 19.1. The van der Waals surface area contributed by atoms with E-state index in [-0.39, 0.29) is 18.3 Å². The number of hydrogen-bond acceptors (Lipinski definition) is 2. The van der Waals surface area contributed by atoms with Crippen LogP contribution in [0.25, 0.3) is 0 Å². The third kappa shape index (κ3) is 5.30. The maximum Gasteiger partial charge on any atom is 0.494 e. The summed E-state index contributed by atoms with van der Waals surface area (Å²) in [5.41, 5.74) is 3.34. The maximum absolute atomic E-state index is 6.32. The molecule has 0 amide bonds. The van der Waals surface area contributed by atoms with E-state index in [4.69, 9.17) is 9.31 Å². The van der Waals surface area contributed by atoms with E-state index in [1.54, 1.807) is 5.56 Å². The van der Waals surface area contributed by atoms with Gasteiger partial charge in [0.15, 0.2) is 0 Å². The van der Waals surface area contributed by atoms with Crippen molar-refractivity contribution in [1.82, 2.24) is 0 Å². The fraction of sp³-hybridized carbons (Fsp3) is 0.842. The van der Waals surface area contributed by atoms with E-state index in [9.17, 15) is 0 Å². The summed E-state index contributed by atoms with van der Waals surface area (Å²) in [7, 11) is -0.258. The van der Waals surface area contributed by atoms with Gasteiger partial charge in [0.2, 0.25) is 0 Å². The highest BCUT2D eigenvalue weighted by molar-refractivity contribution is 6.62. The van der Waals surface area contributed by atoms with Crippen molar-refractivity contribution in [1.29, 1.82) is 0 Å². The minimum Gasteiger partial charge on any atom is -0.399 e. The van der Waals surface area contributed by atoms with Crippen molar-refractivity contribution in [3.8, 4) is 0 Å². The first-order valence-electron chi connectivity index (χ1n) is 17.8. The SMILES string of the molecule is CC(C)CCCC[C@H]1CCC2[C@@H]3CC[C@H]4CC(c5ccc(B6OC(C)(C)C(C)(C)O6)cc5)CCC4(C)C3CC[C@@]21C. The van der Waals surface area contributed by atoms with Crippen molar-refractivity contribution >= 4 is 12.6 Å². The molecule has 5 fully saturated rings. The van der Waals surface area contributed by atoms with Crippen molar-refractivity contribution in [3.63, 3.8) is 0 Å². The van der Waals surface area contributed by atoms with Crippen molar-refractivity contribution in [2.45, 2.75) is 156 Å². The summed E-state index contributed by atoms with van der Waals surface area (Å²) >= 11 is 0. The lowest BCUT2D eigenvalue weighted by Gasteiger charge is -2.61. The lowest BCUT2D eigenvalue weighted by molar-refractivity contribution is -0.114. The van der Waals surface area contributed by atoms with Gasteiger partial charge >= 0.3 is 7.12 Å². The van der Waals surface area contributed by atoms with Crippen LogP contribution in [0.1, 0.15) is 150 Å². The zero-order valence-electron chi connectivity index (χ0n) is 27.9. The Morgan fingerprint density at radius 3 is 2.10 bits per heavy atom. The molecular weight excluding hydrogens is 499 g/mol.